The number of nitrogens with one attached hydrogen (secondary N) is 1. The minimum atomic E-state index is -0.162. The molecule has 2 aromatic carbocycles. The molecule has 6 heteroatoms. The van der Waals surface area contributed by atoms with Gasteiger partial charge in [-0.25, -0.2) is 0 Å². The van der Waals surface area contributed by atoms with Gasteiger partial charge in [0.2, 0.25) is 5.91 Å². The van der Waals surface area contributed by atoms with E-state index in [4.69, 9.17) is 18.9 Å². The molecule has 0 atom stereocenters. The summed E-state index contributed by atoms with van der Waals surface area (Å²) < 4.78 is 21.0. The Morgan fingerprint density at radius 1 is 0.852 bits per heavy atom. The van der Waals surface area contributed by atoms with E-state index in [1.165, 1.54) is 6.08 Å². The van der Waals surface area contributed by atoms with Crippen LogP contribution in [0.2, 0.25) is 0 Å². The third-order valence-electron chi connectivity index (χ3n) is 4.00. The quantitative estimate of drug-likeness (QED) is 0.686. The zero-order valence-electron chi connectivity index (χ0n) is 16.1. The molecule has 0 saturated carbocycles. The lowest BCUT2D eigenvalue weighted by Gasteiger charge is -2.09. The fourth-order valence-electron chi connectivity index (χ4n) is 2.55. The molecule has 0 aliphatic heterocycles. The summed E-state index contributed by atoms with van der Waals surface area (Å²) in [6.07, 6.45) is 3.92. The molecule has 2 aromatic rings. The lowest BCUT2D eigenvalue weighted by molar-refractivity contribution is -0.116. The lowest BCUT2D eigenvalue weighted by atomic mass is 10.1. The van der Waals surface area contributed by atoms with Gasteiger partial charge in [-0.2, -0.15) is 0 Å². The van der Waals surface area contributed by atoms with E-state index in [0.717, 1.165) is 11.1 Å². The monoisotopic (exact) mass is 371 g/mol. The number of methoxy groups -OCH3 is 4. The van der Waals surface area contributed by atoms with Crippen LogP contribution < -0.4 is 24.3 Å². The Labute approximate surface area is 159 Å². The Morgan fingerprint density at radius 3 is 2.07 bits per heavy atom. The molecule has 1 N–H and O–H groups in total. The first kappa shape index (κ1) is 20.2. The van der Waals surface area contributed by atoms with Crippen LogP contribution in [0.4, 0.5) is 0 Å². The third-order valence-corrected chi connectivity index (χ3v) is 4.00. The first-order valence-corrected chi connectivity index (χ1v) is 8.50. The van der Waals surface area contributed by atoms with Crippen LogP contribution in [-0.4, -0.2) is 40.9 Å². The molecule has 0 aliphatic rings. The number of rotatable bonds is 9. The summed E-state index contributed by atoms with van der Waals surface area (Å²) in [6.45, 7) is 0.518. The number of hydrogen-bond acceptors (Lipinski definition) is 5. The van der Waals surface area contributed by atoms with Crippen molar-refractivity contribution in [3.63, 3.8) is 0 Å². The Kier molecular flexibility index (Phi) is 7.55. The highest BCUT2D eigenvalue weighted by atomic mass is 16.5. The summed E-state index contributed by atoms with van der Waals surface area (Å²) in [6, 6.07) is 11.2. The molecular formula is C21H25NO5. The maximum Gasteiger partial charge on any atom is 0.244 e. The summed E-state index contributed by atoms with van der Waals surface area (Å²) in [5.41, 5.74) is 1.90. The van der Waals surface area contributed by atoms with E-state index in [-0.39, 0.29) is 5.91 Å². The van der Waals surface area contributed by atoms with Crippen LogP contribution in [0.3, 0.4) is 0 Å². The number of ether oxygens (including phenoxy) is 4. The predicted molar refractivity (Wildman–Crippen MR) is 105 cm³/mol. The van der Waals surface area contributed by atoms with Crippen molar-refractivity contribution in [2.24, 2.45) is 0 Å². The van der Waals surface area contributed by atoms with Gasteiger partial charge in [0.25, 0.3) is 0 Å². The second-order valence-corrected chi connectivity index (χ2v) is 5.68. The number of amides is 1. The van der Waals surface area contributed by atoms with Crippen molar-refractivity contribution >= 4 is 12.0 Å². The highest BCUT2D eigenvalue weighted by Gasteiger charge is 2.05. The van der Waals surface area contributed by atoms with E-state index in [2.05, 4.69) is 5.32 Å². The van der Waals surface area contributed by atoms with Gasteiger partial charge >= 0.3 is 0 Å². The van der Waals surface area contributed by atoms with Gasteiger partial charge in [0.15, 0.2) is 23.0 Å². The summed E-state index contributed by atoms with van der Waals surface area (Å²) in [4.78, 5) is 12.0. The second kappa shape index (κ2) is 10.1. The Balaban J connectivity index is 1.88. The molecule has 0 bridgehead atoms. The standard InChI is InChI=1S/C21H25NO5/c1-24-17-8-5-15(13-19(17)26-3)7-10-21(23)22-12-11-16-6-9-18(25-2)20(14-16)27-4/h5-10,13-14H,11-12H2,1-4H3,(H,22,23)/b10-7+. The van der Waals surface area contributed by atoms with Crippen LogP contribution in [0.15, 0.2) is 42.5 Å². The molecular weight excluding hydrogens is 346 g/mol. The normalized spacial score (nSPS) is 10.5. The smallest absolute Gasteiger partial charge is 0.244 e. The van der Waals surface area contributed by atoms with Gasteiger partial charge in [-0.05, 0) is 47.9 Å². The van der Waals surface area contributed by atoms with Crippen LogP contribution in [0, 0.1) is 0 Å². The van der Waals surface area contributed by atoms with E-state index in [1.54, 1.807) is 40.6 Å². The minimum Gasteiger partial charge on any atom is -0.493 e. The van der Waals surface area contributed by atoms with Gasteiger partial charge in [-0.1, -0.05) is 12.1 Å². The summed E-state index contributed by atoms with van der Waals surface area (Å²) in [5.74, 6) is 2.46. The summed E-state index contributed by atoms with van der Waals surface area (Å²) >= 11 is 0. The molecule has 0 aromatic heterocycles. The molecule has 0 heterocycles. The molecule has 0 radical (unpaired) electrons. The van der Waals surface area contributed by atoms with Gasteiger partial charge < -0.3 is 24.3 Å². The molecule has 2 rings (SSSR count). The zero-order chi connectivity index (χ0) is 19.6. The minimum absolute atomic E-state index is 0.162. The van der Waals surface area contributed by atoms with E-state index >= 15 is 0 Å². The Hall–Kier alpha value is -3.15. The molecule has 0 saturated heterocycles. The average molecular weight is 371 g/mol. The first-order chi connectivity index (χ1) is 13.1. The van der Waals surface area contributed by atoms with E-state index < -0.39 is 0 Å². The van der Waals surface area contributed by atoms with Crippen molar-refractivity contribution in [1.29, 1.82) is 0 Å². The van der Waals surface area contributed by atoms with Crippen LogP contribution >= 0.6 is 0 Å². The van der Waals surface area contributed by atoms with Crippen LogP contribution in [0.25, 0.3) is 6.08 Å². The third kappa shape index (κ3) is 5.67. The van der Waals surface area contributed by atoms with Gasteiger partial charge in [0.1, 0.15) is 0 Å². The highest BCUT2D eigenvalue weighted by Crippen LogP contribution is 2.28. The van der Waals surface area contributed by atoms with E-state index in [1.807, 2.05) is 30.3 Å². The summed E-state index contributed by atoms with van der Waals surface area (Å²) in [5, 5.41) is 2.86. The van der Waals surface area contributed by atoms with Crippen molar-refractivity contribution in [2.75, 3.05) is 35.0 Å². The molecule has 1 amide bonds. The van der Waals surface area contributed by atoms with Gasteiger partial charge in [0, 0.05) is 12.6 Å². The van der Waals surface area contributed by atoms with Crippen molar-refractivity contribution in [1.82, 2.24) is 5.32 Å². The number of hydrogen-bond donors (Lipinski definition) is 1. The predicted octanol–water partition coefficient (Wildman–Crippen LogP) is 3.09. The first-order valence-electron chi connectivity index (χ1n) is 8.50. The van der Waals surface area contributed by atoms with Crippen molar-refractivity contribution < 1.29 is 23.7 Å². The van der Waals surface area contributed by atoms with Crippen molar-refractivity contribution in [3.8, 4) is 23.0 Å². The zero-order valence-corrected chi connectivity index (χ0v) is 16.1. The van der Waals surface area contributed by atoms with Gasteiger partial charge in [-0.3, -0.25) is 4.79 Å². The number of benzene rings is 2. The fourth-order valence-corrected chi connectivity index (χ4v) is 2.55. The Morgan fingerprint density at radius 2 is 1.44 bits per heavy atom. The van der Waals surface area contributed by atoms with Gasteiger partial charge in [0.05, 0.1) is 28.4 Å². The van der Waals surface area contributed by atoms with Crippen molar-refractivity contribution in [3.05, 3.63) is 53.6 Å². The molecule has 0 fully saturated rings. The van der Waals surface area contributed by atoms with E-state index in [9.17, 15) is 4.79 Å². The second-order valence-electron chi connectivity index (χ2n) is 5.68. The number of carbonyl (C=O) groups excluding carboxylic acids is 1. The molecule has 27 heavy (non-hydrogen) atoms. The largest absolute Gasteiger partial charge is 0.493 e. The Bertz CT molecular complexity index is 801. The molecule has 0 spiro atoms. The SMILES string of the molecule is COc1ccc(/C=C/C(=O)NCCc2ccc(OC)c(OC)c2)cc1OC. The fraction of sp³-hybridized carbons (Fsp3) is 0.286. The van der Waals surface area contributed by atoms with Crippen LogP contribution in [0.1, 0.15) is 11.1 Å². The average Bonchev–Trinajstić information content (AvgIpc) is 2.71. The molecule has 0 unspecified atom stereocenters. The van der Waals surface area contributed by atoms with Crippen LogP contribution in [-0.2, 0) is 11.2 Å². The molecule has 0 aliphatic carbocycles. The van der Waals surface area contributed by atoms with Gasteiger partial charge in [-0.15, -0.1) is 0 Å². The maximum absolute atomic E-state index is 12.0. The molecule has 6 nitrogen and oxygen atoms in total. The summed E-state index contributed by atoms with van der Waals surface area (Å²) in [7, 11) is 6.36. The van der Waals surface area contributed by atoms with Crippen molar-refractivity contribution in [2.45, 2.75) is 6.42 Å². The number of carbonyl (C=O) groups is 1. The highest BCUT2D eigenvalue weighted by molar-refractivity contribution is 5.91. The topological polar surface area (TPSA) is 66.0 Å². The maximum atomic E-state index is 12.0. The van der Waals surface area contributed by atoms with E-state index in [0.29, 0.717) is 36.0 Å². The van der Waals surface area contributed by atoms with Crippen LogP contribution in [0.5, 0.6) is 23.0 Å². The lowest BCUT2D eigenvalue weighted by Crippen LogP contribution is -2.23. The molecule has 144 valence electrons.